The van der Waals surface area contributed by atoms with Crippen molar-refractivity contribution in [2.75, 3.05) is 5.75 Å². The first kappa shape index (κ1) is 28.1. The van der Waals surface area contributed by atoms with Gasteiger partial charge in [-0.15, -0.1) is 11.8 Å². The topological polar surface area (TPSA) is 49.4 Å². The molecule has 0 aliphatic heterocycles. The molecule has 0 unspecified atom stereocenters. The Labute approximate surface area is 228 Å². The van der Waals surface area contributed by atoms with Gasteiger partial charge in [-0.2, -0.15) is 0 Å². The number of amides is 2. The lowest BCUT2D eigenvalue weighted by molar-refractivity contribution is -0.140. The van der Waals surface area contributed by atoms with Crippen LogP contribution < -0.4 is 5.32 Å². The van der Waals surface area contributed by atoms with Crippen LogP contribution in [0.4, 0.5) is 0 Å². The zero-order valence-electron chi connectivity index (χ0n) is 21.1. The van der Waals surface area contributed by atoms with Crippen LogP contribution in [0.3, 0.4) is 0 Å². The molecule has 0 aliphatic carbocycles. The zero-order valence-corrected chi connectivity index (χ0v) is 23.4. The van der Waals surface area contributed by atoms with Crippen molar-refractivity contribution in [2.45, 2.75) is 57.1 Å². The van der Waals surface area contributed by atoms with Gasteiger partial charge in [-0.1, -0.05) is 77.3 Å². The molecule has 1 atom stereocenters. The molecule has 0 aromatic heterocycles. The molecule has 0 saturated carbocycles. The molecule has 0 aliphatic rings. The molecule has 0 fully saturated rings. The maximum Gasteiger partial charge on any atom is 0.243 e. The van der Waals surface area contributed by atoms with E-state index in [1.165, 1.54) is 11.8 Å². The van der Waals surface area contributed by atoms with E-state index in [1.807, 2.05) is 82.3 Å². The van der Waals surface area contributed by atoms with E-state index in [1.54, 1.807) is 23.1 Å². The lowest BCUT2D eigenvalue weighted by Crippen LogP contribution is -2.54. The van der Waals surface area contributed by atoms with Crippen LogP contribution in [-0.4, -0.2) is 34.0 Å². The van der Waals surface area contributed by atoms with E-state index in [9.17, 15) is 9.59 Å². The fourth-order valence-corrected chi connectivity index (χ4v) is 5.02. The summed E-state index contributed by atoms with van der Waals surface area (Å²) in [6.45, 7) is 7.93. The summed E-state index contributed by atoms with van der Waals surface area (Å²) in [5, 5.41) is 3.98. The number of hydrogen-bond donors (Lipinski definition) is 1. The Morgan fingerprint density at radius 3 is 2.11 bits per heavy atom. The Bertz CT molecular complexity index is 1160. The largest absolute Gasteiger partial charge is 0.350 e. The Morgan fingerprint density at radius 1 is 0.917 bits per heavy atom. The Hall–Kier alpha value is -2.47. The SMILES string of the molecule is Cc1ccc(SCC(=O)N(Cc2c(Cl)cccc2Cl)[C@@H](Cc2ccccc2)C(=O)NC(C)(C)C)cc1. The Kier molecular flexibility index (Phi) is 9.89. The molecule has 4 nitrogen and oxygen atoms in total. The highest BCUT2D eigenvalue weighted by Gasteiger charge is 2.33. The molecule has 3 rings (SSSR count). The zero-order chi connectivity index (χ0) is 26.3. The van der Waals surface area contributed by atoms with E-state index in [-0.39, 0.29) is 24.1 Å². The summed E-state index contributed by atoms with van der Waals surface area (Å²) < 4.78 is 0. The molecule has 7 heteroatoms. The van der Waals surface area contributed by atoms with E-state index in [0.717, 1.165) is 16.0 Å². The van der Waals surface area contributed by atoms with Crippen LogP contribution in [0.15, 0.2) is 77.7 Å². The van der Waals surface area contributed by atoms with Gasteiger partial charge in [-0.25, -0.2) is 0 Å². The van der Waals surface area contributed by atoms with Crippen molar-refractivity contribution in [3.05, 3.63) is 99.5 Å². The van der Waals surface area contributed by atoms with Crippen molar-refractivity contribution in [2.24, 2.45) is 0 Å². The summed E-state index contributed by atoms with van der Waals surface area (Å²) in [4.78, 5) is 30.0. The standard InChI is InChI=1S/C29H32Cl2N2O2S/c1-20-13-15-22(16-14-20)36-19-27(34)33(18-23-24(30)11-8-12-25(23)31)26(28(35)32-29(2,3)4)17-21-9-6-5-7-10-21/h5-16,26H,17-19H2,1-4H3,(H,32,35)/t26-/m0/s1. The number of nitrogens with one attached hydrogen (secondary N) is 1. The first-order chi connectivity index (χ1) is 17.0. The maximum absolute atomic E-state index is 13.8. The van der Waals surface area contributed by atoms with E-state index < -0.39 is 11.6 Å². The molecular formula is C29H32Cl2N2O2S. The average molecular weight is 544 g/mol. The normalized spacial score (nSPS) is 12.2. The second-order valence-electron chi connectivity index (χ2n) is 9.77. The van der Waals surface area contributed by atoms with Crippen LogP contribution >= 0.6 is 35.0 Å². The smallest absolute Gasteiger partial charge is 0.243 e. The third kappa shape index (κ3) is 8.29. The predicted molar refractivity (Wildman–Crippen MR) is 151 cm³/mol. The van der Waals surface area contributed by atoms with Crippen LogP contribution in [0.25, 0.3) is 0 Å². The van der Waals surface area contributed by atoms with Crippen LogP contribution in [0.5, 0.6) is 0 Å². The van der Waals surface area contributed by atoms with Crippen molar-refractivity contribution in [3.8, 4) is 0 Å². The van der Waals surface area contributed by atoms with Crippen molar-refractivity contribution >= 4 is 46.8 Å². The van der Waals surface area contributed by atoms with Crippen molar-refractivity contribution in [1.82, 2.24) is 10.2 Å². The number of hydrogen-bond acceptors (Lipinski definition) is 3. The first-order valence-corrected chi connectivity index (χ1v) is 13.6. The molecule has 3 aromatic rings. The van der Waals surface area contributed by atoms with Gasteiger partial charge in [-0.05, 0) is 57.5 Å². The van der Waals surface area contributed by atoms with Gasteiger partial charge in [0.05, 0.1) is 5.75 Å². The van der Waals surface area contributed by atoms with Crippen LogP contribution in [0.2, 0.25) is 10.0 Å². The molecule has 0 heterocycles. The van der Waals surface area contributed by atoms with Gasteiger partial charge in [0, 0.05) is 39.0 Å². The lowest BCUT2D eigenvalue weighted by Gasteiger charge is -2.34. The Balaban J connectivity index is 1.97. The van der Waals surface area contributed by atoms with E-state index in [2.05, 4.69) is 5.32 Å². The number of rotatable bonds is 9. The summed E-state index contributed by atoms with van der Waals surface area (Å²) in [5.41, 5.74) is 2.28. The minimum absolute atomic E-state index is 0.126. The summed E-state index contributed by atoms with van der Waals surface area (Å²) in [7, 11) is 0. The molecular weight excluding hydrogens is 511 g/mol. The molecule has 3 aromatic carbocycles. The highest BCUT2D eigenvalue weighted by atomic mass is 35.5. The maximum atomic E-state index is 13.8. The highest BCUT2D eigenvalue weighted by molar-refractivity contribution is 8.00. The van der Waals surface area contributed by atoms with E-state index in [4.69, 9.17) is 23.2 Å². The molecule has 0 radical (unpaired) electrons. The first-order valence-electron chi connectivity index (χ1n) is 11.8. The number of benzene rings is 3. The quantitative estimate of drug-likeness (QED) is 0.297. The van der Waals surface area contributed by atoms with Gasteiger partial charge in [0.2, 0.25) is 11.8 Å². The second kappa shape index (κ2) is 12.7. The number of halogens is 2. The summed E-state index contributed by atoms with van der Waals surface area (Å²) >= 11 is 14.4. The molecule has 0 spiro atoms. The van der Waals surface area contributed by atoms with Gasteiger partial charge in [0.1, 0.15) is 6.04 Å². The number of aryl methyl sites for hydroxylation is 1. The minimum Gasteiger partial charge on any atom is -0.350 e. The van der Waals surface area contributed by atoms with Crippen LogP contribution in [0.1, 0.15) is 37.5 Å². The molecule has 0 bridgehead atoms. The van der Waals surface area contributed by atoms with E-state index in [0.29, 0.717) is 22.0 Å². The van der Waals surface area contributed by atoms with Crippen LogP contribution in [-0.2, 0) is 22.6 Å². The van der Waals surface area contributed by atoms with E-state index >= 15 is 0 Å². The van der Waals surface area contributed by atoms with Crippen LogP contribution in [0, 0.1) is 6.92 Å². The third-order valence-electron chi connectivity index (χ3n) is 5.54. The van der Waals surface area contributed by atoms with Crippen molar-refractivity contribution in [1.29, 1.82) is 0 Å². The van der Waals surface area contributed by atoms with Gasteiger partial charge in [0.25, 0.3) is 0 Å². The number of carbonyl (C=O) groups is 2. The van der Waals surface area contributed by atoms with Gasteiger partial charge < -0.3 is 10.2 Å². The summed E-state index contributed by atoms with van der Waals surface area (Å²) in [6, 6.07) is 22.2. The lowest BCUT2D eigenvalue weighted by atomic mass is 10.0. The average Bonchev–Trinajstić information content (AvgIpc) is 2.82. The minimum atomic E-state index is -0.745. The number of thioether (sulfide) groups is 1. The fourth-order valence-electron chi connectivity index (χ4n) is 3.72. The number of nitrogens with zero attached hydrogens (tertiary/aromatic N) is 1. The Morgan fingerprint density at radius 2 is 1.53 bits per heavy atom. The van der Waals surface area contributed by atoms with Crippen molar-refractivity contribution < 1.29 is 9.59 Å². The highest BCUT2D eigenvalue weighted by Crippen LogP contribution is 2.28. The van der Waals surface area contributed by atoms with Gasteiger partial charge >= 0.3 is 0 Å². The van der Waals surface area contributed by atoms with Crippen molar-refractivity contribution in [3.63, 3.8) is 0 Å². The summed E-state index contributed by atoms with van der Waals surface area (Å²) in [5.74, 6) is -0.205. The molecule has 2 amide bonds. The van der Waals surface area contributed by atoms with Gasteiger partial charge in [0.15, 0.2) is 0 Å². The number of carbonyl (C=O) groups excluding carboxylic acids is 2. The predicted octanol–water partition coefficient (Wildman–Crippen LogP) is 6.95. The molecule has 0 saturated heterocycles. The summed E-state index contributed by atoms with van der Waals surface area (Å²) in [6.07, 6.45) is 0.367. The molecule has 36 heavy (non-hydrogen) atoms. The third-order valence-corrected chi connectivity index (χ3v) is 7.25. The molecule has 1 N–H and O–H groups in total. The molecule has 190 valence electrons. The van der Waals surface area contributed by atoms with Gasteiger partial charge in [-0.3, -0.25) is 9.59 Å². The fraction of sp³-hybridized carbons (Fsp3) is 0.310. The monoisotopic (exact) mass is 542 g/mol. The second-order valence-corrected chi connectivity index (χ2v) is 11.6.